The van der Waals surface area contributed by atoms with Crippen molar-refractivity contribution in [2.75, 3.05) is 14.2 Å². The number of ether oxygens (including phenoxy) is 2. The van der Waals surface area contributed by atoms with Crippen LogP contribution in [0.5, 0.6) is 11.5 Å². The highest BCUT2D eigenvalue weighted by atomic mass is 16.5. The number of aryl methyl sites for hydroxylation is 1. The monoisotopic (exact) mass is 254 g/mol. The van der Waals surface area contributed by atoms with Crippen LogP contribution in [-0.4, -0.2) is 19.2 Å². The molecule has 0 bridgehead atoms. The van der Waals surface area contributed by atoms with Crippen molar-refractivity contribution < 1.29 is 9.47 Å². The van der Waals surface area contributed by atoms with E-state index in [0.29, 0.717) is 17.1 Å². The molecule has 0 atom stereocenters. The third-order valence-corrected chi connectivity index (χ3v) is 2.96. The highest BCUT2D eigenvalue weighted by molar-refractivity contribution is 5.75. The van der Waals surface area contributed by atoms with Gasteiger partial charge in [0.1, 0.15) is 6.07 Å². The van der Waals surface area contributed by atoms with Crippen LogP contribution in [0.3, 0.4) is 0 Å². The Morgan fingerprint density at radius 2 is 1.79 bits per heavy atom. The van der Waals surface area contributed by atoms with Crippen LogP contribution in [0.4, 0.5) is 0 Å². The minimum Gasteiger partial charge on any atom is -0.493 e. The fourth-order valence-corrected chi connectivity index (χ4v) is 1.99. The zero-order chi connectivity index (χ0) is 13.8. The lowest BCUT2D eigenvalue weighted by Gasteiger charge is -2.13. The first-order valence-corrected chi connectivity index (χ1v) is 5.78. The Hall–Kier alpha value is -2.54. The number of nitriles is 1. The van der Waals surface area contributed by atoms with Gasteiger partial charge in [-0.2, -0.15) is 5.26 Å². The SMILES string of the molecule is COc1cc(C)c(-c2ccncc2C#N)cc1OC. The van der Waals surface area contributed by atoms with Crippen molar-refractivity contribution >= 4 is 0 Å². The van der Waals surface area contributed by atoms with Gasteiger partial charge in [0.2, 0.25) is 0 Å². The largest absolute Gasteiger partial charge is 0.493 e. The first-order chi connectivity index (χ1) is 9.21. The standard InChI is InChI=1S/C15H14N2O2/c1-10-6-14(18-2)15(19-3)7-13(10)12-4-5-17-9-11(12)8-16/h4-7,9H,1-3H3. The molecule has 2 aromatic rings. The highest BCUT2D eigenvalue weighted by Gasteiger charge is 2.12. The number of pyridine rings is 1. The van der Waals surface area contributed by atoms with Gasteiger partial charge in [-0.15, -0.1) is 0 Å². The Morgan fingerprint density at radius 3 is 2.42 bits per heavy atom. The summed E-state index contributed by atoms with van der Waals surface area (Å²) in [5, 5.41) is 9.15. The number of aromatic nitrogens is 1. The quantitative estimate of drug-likeness (QED) is 0.845. The summed E-state index contributed by atoms with van der Waals surface area (Å²) in [5.74, 6) is 1.32. The summed E-state index contributed by atoms with van der Waals surface area (Å²) in [6.45, 7) is 1.97. The maximum Gasteiger partial charge on any atom is 0.161 e. The van der Waals surface area contributed by atoms with E-state index < -0.39 is 0 Å². The lowest BCUT2D eigenvalue weighted by Crippen LogP contribution is -1.95. The minimum atomic E-state index is 0.540. The molecule has 19 heavy (non-hydrogen) atoms. The van der Waals surface area contributed by atoms with Crippen LogP contribution in [0.25, 0.3) is 11.1 Å². The Labute approximate surface area is 112 Å². The van der Waals surface area contributed by atoms with Crippen molar-refractivity contribution in [2.24, 2.45) is 0 Å². The lowest BCUT2D eigenvalue weighted by atomic mass is 9.97. The Morgan fingerprint density at radius 1 is 1.11 bits per heavy atom. The molecule has 0 amide bonds. The lowest BCUT2D eigenvalue weighted by molar-refractivity contribution is 0.355. The third-order valence-electron chi connectivity index (χ3n) is 2.96. The third kappa shape index (κ3) is 2.36. The molecule has 0 aliphatic rings. The normalized spacial score (nSPS) is 9.79. The van der Waals surface area contributed by atoms with Gasteiger partial charge in [-0.25, -0.2) is 0 Å². The topological polar surface area (TPSA) is 55.1 Å². The van der Waals surface area contributed by atoms with E-state index in [0.717, 1.165) is 16.7 Å². The zero-order valence-corrected chi connectivity index (χ0v) is 11.1. The van der Waals surface area contributed by atoms with E-state index in [1.807, 2.05) is 25.1 Å². The molecule has 1 heterocycles. The summed E-state index contributed by atoms with van der Waals surface area (Å²) in [6, 6.07) is 7.76. The van der Waals surface area contributed by atoms with Gasteiger partial charge in [-0.3, -0.25) is 4.98 Å². The van der Waals surface area contributed by atoms with Gasteiger partial charge in [0.25, 0.3) is 0 Å². The van der Waals surface area contributed by atoms with Crippen molar-refractivity contribution in [1.82, 2.24) is 4.98 Å². The van der Waals surface area contributed by atoms with E-state index in [2.05, 4.69) is 11.1 Å². The molecule has 0 aliphatic carbocycles. The predicted molar refractivity (Wildman–Crippen MR) is 72.2 cm³/mol. The van der Waals surface area contributed by atoms with Gasteiger partial charge in [0.15, 0.2) is 11.5 Å². The molecule has 2 rings (SSSR count). The van der Waals surface area contributed by atoms with E-state index in [4.69, 9.17) is 14.7 Å². The van der Waals surface area contributed by atoms with Crippen LogP contribution in [0.15, 0.2) is 30.6 Å². The number of benzene rings is 1. The number of hydrogen-bond donors (Lipinski definition) is 0. The first kappa shape index (κ1) is 12.9. The molecular formula is C15H14N2O2. The van der Waals surface area contributed by atoms with Crippen LogP contribution in [0.2, 0.25) is 0 Å². The van der Waals surface area contributed by atoms with Crippen LogP contribution in [-0.2, 0) is 0 Å². The number of rotatable bonds is 3. The van der Waals surface area contributed by atoms with Gasteiger partial charge >= 0.3 is 0 Å². The second kappa shape index (κ2) is 5.40. The van der Waals surface area contributed by atoms with Crippen LogP contribution < -0.4 is 9.47 Å². The Bertz CT molecular complexity index is 645. The summed E-state index contributed by atoms with van der Waals surface area (Å²) in [4.78, 5) is 3.97. The van der Waals surface area contributed by atoms with Gasteiger partial charge in [-0.1, -0.05) is 0 Å². The second-order valence-electron chi connectivity index (χ2n) is 4.06. The Balaban J connectivity index is 2.66. The number of hydrogen-bond acceptors (Lipinski definition) is 4. The fourth-order valence-electron chi connectivity index (χ4n) is 1.99. The van der Waals surface area contributed by atoms with Gasteiger partial charge in [0.05, 0.1) is 19.8 Å². The molecule has 1 aromatic carbocycles. The molecule has 4 nitrogen and oxygen atoms in total. The molecule has 4 heteroatoms. The highest BCUT2D eigenvalue weighted by Crippen LogP contribution is 2.36. The van der Waals surface area contributed by atoms with Gasteiger partial charge < -0.3 is 9.47 Å². The zero-order valence-electron chi connectivity index (χ0n) is 11.1. The van der Waals surface area contributed by atoms with Gasteiger partial charge in [0, 0.05) is 18.0 Å². The summed E-state index contributed by atoms with van der Waals surface area (Å²) in [6.07, 6.45) is 3.23. The van der Waals surface area contributed by atoms with E-state index in [1.54, 1.807) is 26.6 Å². The molecule has 1 aromatic heterocycles. The molecule has 0 spiro atoms. The summed E-state index contributed by atoms with van der Waals surface area (Å²) in [7, 11) is 3.19. The molecule has 0 N–H and O–H groups in total. The molecule has 96 valence electrons. The number of nitrogens with zero attached hydrogens (tertiary/aromatic N) is 2. The van der Waals surface area contributed by atoms with Crippen molar-refractivity contribution in [3.63, 3.8) is 0 Å². The van der Waals surface area contributed by atoms with Crippen molar-refractivity contribution in [1.29, 1.82) is 5.26 Å². The van der Waals surface area contributed by atoms with E-state index in [9.17, 15) is 0 Å². The van der Waals surface area contributed by atoms with Crippen molar-refractivity contribution in [3.8, 4) is 28.7 Å². The molecule has 0 fully saturated rings. The molecule has 0 unspecified atom stereocenters. The smallest absolute Gasteiger partial charge is 0.161 e. The van der Waals surface area contributed by atoms with Crippen molar-refractivity contribution in [3.05, 3.63) is 41.7 Å². The summed E-state index contributed by atoms with van der Waals surface area (Å²) < 4.78 is 10.6. The fraction of sp³-hybridized carbons (Fsp3) is 0.200. The molecular weight excluding hydrogens is 240 g/mol. The molecule has 0 saturated carbocycles. The predicted octanol–water partition coefficient (Wildman–Crippen LogP) is 2.95. The van der Waals surface area contributed by atoms with Crippen LogP contribution in [0.1, 0.15) is 11.1 Å². The second-order valence-corrected chi connectivity index (χ2v) is 4.06. The van der Waals surface area contributed by atoms with Crippen LogP contribution >= 0.6 is 0 Å². The van der Waals surface area contributed by atoms with Crippen molar-refractivity contribution in [2.45, 2.75) is 6.92 Å². The molecule has 0 aliphatic heterocycles. The molecule has 0 radical (unpaired) electrons. The Kier molecular flexibility index (Phi) is 3.67. The van der Waals surface area contributed by atoms with Gasteiger partial charge in [-0.05, 0) is 36.2 Å². The van der Waals surface area contributed by atoms with E-state index in [-0.39, 0.29) is 0 Å². The van der Waals surface area contributed by atoms with Crippen LogP contribution in [0, 0.1) is 18.3 Å². The first-order valence-electron chi connectivity index (χ1n) is 5.78. The summed E-state index contributed by atoms with van der Waals surface area (Å²) >= 11 is 0. The number of methoxy groups -OCH3 is 2. The maximum absolute atomic E-state index is 9.15. The molecule has 0 saturated heterocycles. The van der Waals surface area contributed by atoms with E-state index in [1.165, 1.54) is 0 Å². The average molecular weight is 254 g/mol. The minimum absolute atomic E-state index is 0.540. The summed E-state index contributed by atoms with van der Waals surface area (Å²) in [5.41, 5.74) is 3.34. The average Bonchev–Trinajstić information content (AvgIpc) is 2.46. The van der Waals surface area contributed by atoms with E-state index >= 15 is 0 Å². The maximum atomic E-state index is 9.15.